The Morgan fingerprint density at radius 2 is 1.65 bits per heavy atom. The number of hydrogen-bond donors (Lipinski definition) is 2. The van der Waals surface area contributed by atoms with Crippen LogP contribution in [0.5, 0.6) is 11.5 Å². The van der Waals surface area contributed by atoms with Crippen LogP contribution >= 0.6 is 11.6 Å². The zero-order valence-corrected chi connectivity index (χ0v) is 14.2. The SMILES string of the molecule is O=C(Nc1ccc(Nc2ccc3c(c2)OCO3)nn1)c1ccc(Cl)cc1. The molecular weight excluding hydrogens is 356 g/mol. The van der Waals surface area contributed by atoms with Crippen molar-refractivity contribution < 1.29 is 14.3 Å². The van der Waals surface area contributed by atoms with Gasteiger partial charge in [-0.1, -0.05) is 11.6 Å². The van der Waals surface area contributed by atoms with Crippen LogP contribution in [0.4, 0.5) is 17.3 Å². The van der Waals surface area contributed by atoms with Crippen molar-refractivity contribution in [1.82, 2.24) is 10.2 Å². The molecule has 0 radical (unpaired) electrons. The van der Waals surface area contributed by atoms with Gasteiger partial charge < -0.3 is 20.1 Å². The number of carbonyl (C=O) groups excluding carboxylic acids is 1. The minimum absolute atomic E-state index is 0.223. The number of fused-ring (bicyclic) bond motifs is 1. The second-order valence-corrected chi connectivity index (χ2v) is 5.89. The Hall–Kier alpha value is -3.32. The van der Waals surface area contributed by atoms with Crippen LogP contribution in [0.3, 0.4) is 0 Å². The number of rotatable bonds is 4. The minimum atomic E-state index is -0.285. The highest BCUT2D eigenvalue weighted by atomic mass is 35.5. The molecule has 26 heavy (non-hydrogen) atoms. The number of aromatic nitrogens is 2. The molecule has 0 spiro atoms. The molecule has 2 aromatic carbocycles. The van der Waals surface area contributed by atoms with Gasteiger partial charge in [0.1, 0.15) is 0 Å². The van der Waals surface area contributed by atoms with E-state index in [1.807, 2.05) is 18.2 Å². The average Bonchev–Trinajstić information content (AvgIpc) is 3.12. The Balaban J connectivity index is 1.42. The van der Waals surface area contributed by atoms with E-state index in [9.17, 15) is 4.79 Å². The van der Waals surface area contributed by atoms with Crippen molar-refractivity contribution in [2.75, 3.05) is 17.4 Å². The Bertz CT molecular complexity index is 946. The third-order valence-electron chi connectivity index (χ3n) is 3.66. The summed E-state index contributed by atoms with van der Waals surface area (Å²) in [6.45, 7) is 0.223. The van der Waals surface area contributed by atoms with Crippen molar-refractivity contribution >= 4 is 34.8 Å². The number of hydrogen-bond acceptors (Lipinski definition) is 6. The summed E-state index contributed by atoms with van der Waals surface area (Å²) >= 11 is 5.82. The van der Waals surface area contributed by atoms with Gasteiger partial charge in [0.15, 0.2) is 23.1 Å². The maximum Gasteiger partial charge on any atom is 0.256 e. The number of nitrogens with one attached hydrogen (secondary N) is 2. The molecule has 0 saturated heterocycles. The summed E-state index contributed by atoms with van der Waals surface area (Å²) in [6, 6.07) is 15.5. The van der Waals surface area contributed by atoms with Gasteiger partial charge in [-0.3, -0.25) is 4.79 Å². The molecule has 2 N–H and O–H groups in total. The minimum Gasteiger partial charge on any atom is -0.454 e. The monoisotopic (exact) mass is 368 g/mol. The molecule has 130 valence electrons. The molecule has 1 aliphatic heterocycles. The van der Waals surface area contributed by atoms with Crippen LogP contribution in [0.1, 0.15) is 10.4 Å². The summed E-state index contributed by atoms with van der Waals surface area (Å²) in [6.07, 6.45) is 0. The van der Waals surface area contributed by atoms with Crippen LogP contribution in [-0.2, 0) is 0 Å². The average molecular weight is 369 g/mol. The van der Waals surface area contributed by atoms with E-state index in [-0.39, 0.29) is 12.7 Å². The lowest BCUT2D eigenvalue weighted by Crippen LogP contribution is -2.13. The second kappa shape index (κ2) is 6.89. The van der Waals surface area contributed by atoms with E-state index < -0.39 is 0 Å². The van der Waals surface area contributed by atoms with Gasteiger partial charge in [-0.15, -0.1) is 10.2 Å². The largest absolute Gasteiger partial charge is 0.454 e. The first-order chi connectivity index (χ1) is 12.7. The summed E-state index contributed by atoms with van der Waals surface area (Å²) in [5.74, 6) is 1.98. The number of amides is 1. The highest BCUT2D eigenvalue weighted by Crippen LogP contribution is 2.34. The molecule has 8 heteroatoms. The van der Waals surface area contributed by atoms with E-state index in [2.05, 4.69) is 20.8 Å². The summed E-state index contributed by atoms with van der Waals surface area (Å²) < 4.78 is 10.6. The van der Waals surface area contributed by atoms with E-state index in [0.717, 1.165) is 5.69 Å². The van der Waals surface area contributed by atoms with Gasteiger partial charge >= 0.3 is 0 Å². The van der Waals surface area contributed by atoms with Gasteiger partial charge in [-0.25, -0.2) is 0 Å². The lowest BCUT2D eigenvalue weighted by Gasteiger charge is -2.07. The van der Waals surface area contributed by atoms with Gasteiger partial charge in [0.25, 0.3) is 5.91 Å². The van der Waals surface area contributed by atoms with Crippen molar-refractivity contribution in [2.24, 2.45) is 0 Å². The summed E-state index contributed by atoms with van der Waals surface area (Å²) in [5, 5.41) is 14.4. The van der Waals surface area contributed by atoms with Crippen LogP contribution in [-0.4, -0.2) is 22.9 Å². The molecule has 1 aliphatic rings. The summed E-state index contributed by atoms with van der Waals surface area (Å²) in [4.78, 5) is 12.1. The standard InChI is InChI=1S/C18H13ClN4O3/c19-12-3-1-11(2-4-12)18(24)21-17-8-7-16(22-23-17)20-13-5-6-14-15(9-13)26-10-25-14/h1-9H,10H2,(H,20,22)(H,21,23,24). The summed E-state index contributed by atoms with van der Waals surface area (Å²) in [5.41, 5.74) is 1.28. The Kier molecular flexibility index (Phi) is 4.28. The fraction of sp³-hybridized carbons (Fsp3) is 0.0556. The zero-order valence-electron chi connectivity index (χ0n) is 13.4. The molecule has 2 heterocycles. The van der Waals surface area contributed by atoms with E-state index in [1.54, 1.807) is 36.4 Å². The molecule has 3 aromatic rings. The fourth-order valence-electron chi connectivity index (χ4n) is 2.38. The van der Waals surface area contributed by atoms with Crippen molar-refractivity contribution in [1.29, 1.82) is 0 Å². The number of carbonyl (C=O) groups is 1. The van der Waals surface area contributed by atoms with Crippen LogP contribution in [0, 0.1) is 0 Å². The molecule has 1 aromatic heterocycles. The van der Waals surface area contributed by atoms with E-state index in [0.29, 0.717) is 33.7 Å². The maximum absolute atomic E-state index is 12.1. The Labute approximate surface area is 153 Å². The normalized spacial score (nSPS) is 11.9. The van der Waals surface area contributed by atoms with Crippen molar-refractivity contribution in [3.63, 3.8) is 0 Å². The molecule has 0 fully saturated rings. The second-order valence-electron chi connectivity index (χ2n) is 5.46. The predicted octanol–water partition coefficient (Wildman–Crippen LogP) is 3.85. The third kappa shape index (κ3) is 3.52. The fourth-order valence-corrected chi connectivity index (χ4v) is 2.50. The maximum atomic E-state index is 12.1. The van der Waals surface area contributed by atoms with Gasteiger partial charge in [0.2, 0.25) is 6.79 Å². The Morgan fingerprint density at radius 1 is 0.923 bits per heavy atom. The molecule has 7 nitrogen and oxygen atoms in total. The van der Waals surface area contributed by atoms with Crippen molar-refractivity contribution in [2.45, 2.75) is 0 Å². The van der Waals surface area contributed by atoms with E-state index >= 15 is 0 Å². The highest BCUT2D eigenvalue weighted by molar-refractivity contribution is 6.30. The van der Waals surface area contributed by atoms with Gasteiger partial charge in [0, 0.05) is 22.3 Å². The van der Waals surface area contributed by atoms with E-state index in [1.165, 1.54) is 0 Å². The van der Waals surface area contributed by atoms with Gasteiger partial charge in [0.05, 0.1) is 0 Å². The number of benzene rings is 2. The number of halogens is 1. The van der Waals surface area contributed by atoms with Crippen LogP contribution in [0.15, 0.2) is 54.6 Å². The molecular formula is C18H13ClN4O3. The first-order valence-corrected chi connectivity index (χ1v) is 8.12. The van der Waals surface area contributed by atoms with Crippen LogP contribution in [0.25, 0.3) is 0 Å². The van der Waals surface area contributed by atoms with Crippen molar-refractivity contribution in [3.8, 4) is 11.5 Å². The topological polar surface area (TPSA) is 85.4 Å². The molecule has 0 unspecified atom stereocenters. The molecule has 0 saturated carbocycles. The van der Waals surface area contributed by atoms with Gasteiger partial charge in [-0.2, -0.15) is 0 Å². The molecule has 1 amide bonds. The zero-order chi connectivity index (χ0) is 17.9. The molecule has 0 bridgehead atoms. The quantitative estimate of drug-likeness (QED) is 0.727. The molecule has 0 atom stereocenters. The lowest BCUT2D eigenvalue weighted by atomic mass is 10.2. The Morgan fingerprint density at radius 3 is 2.42 bits per heavy atom. The van der Waals surface area contributed by atoms with Crippen LogP contribution in [0.2, 0.25) is 5.02 Å². The lowest BCUT2D eigenvalue weighted by molar-refractivity contribution is 0.102. The van der Waals surface area contributed by atoms with Crippen molar-refractivity contribution in [3.05, 3.63) is 65.2 Å². The molecule has 4 rings (SSSR count). The smallest absolute Gasteiger partial charge is 0.256 e. The first-order valence-electron chi connectivity index (χ1n) is 7.75. The number of ether oxygens (including phenoxy) is 2. The third-order valence-corrected chi connectivity index (χ3v) is 3.91. The summed E-state index contributed by atoms with van der Waals surface area (Å²) in [7, 11) is 0. The van der Waals surface area contributed by atoms with Gasteiger partial charge in [-0.05, 0) is 48.5 Å². The molecule has 0 aliphatic carbocycles. The van der Waals surface area contributed by atoms with Crippen LogP contribution < -0.4 is 20.1 Å². The highest BCUT2D eigenvalue weighted by Gasteiger charge is 2.13. The first kappa shape index (κ1) is 16.2. The number of nitrogens with zero attached hydrogens (tertiary/aromatic N) is 2. The predicted molar refractivity (Wildman–Crippen MR) is 97.3 cm³/mol. The van der Waals surface area contributed by atoms with E-state index in [4.69, 9.17) is 21.1 Å². The number of anilines is 3.